The van der Waals surface area contributed by atoms with Crippen molar-refractivity contribution in [3.8, 4) is 16.9 Å². The Morgan fingerprint density at radius 1 is 1.00 bits per heavy atom. The summed E-state index contributed by atoms with van der Waals surface area (Å²) in [6, 6.07) is 23.5. The van der Waals surface area contributed by atoms with Crippen molar-refractivity contribution in [2.45, 2.75) is 38.6 Å². The highest BCUT2D eigenvalue weighted by Crippen LogP contribution is 2.38. The van der Waals surface area contributed by atoms with Gasteiger partial charge >= 0.3 is 6.03 Å². The molecule has 0 spiro atoms. The molecule has 5 rings (SSSR count). The van der Waals surface area contributed by atoms with E-state index in [4.69, 9.17) is 5.10 Å². The van der Waals surface area contributed by atoms with E-state index in [2.05, 4.69) is 51.2 Å². The average Bonchev–Trinajstić information content (AvgIpc) is 3.43. The van der Waals surface area contributed by atoms with Gasteiger partial charge in [0.25, 0.3) is 0 Å². The topological polar surface area (TPSA) is 101 Å². The highest BCUT2D eigenvalue weighted by Gasteiger charge is 2.34. The zero-order valence-corrected chi connectivity index (χ0v) is 23.5. The molecule has 8 nitrogen and oxygen atoms in total. The first-order chi connectivity index (χ1) is 18.7. The molecule has 0 radical (unpaired) electrons. The number of urea groups is 1. The molecule has 2 N–H and O–H groups in total. The summed E-state index contributed by atoms with van der Waals surface area (Å²) in [6.07, 6.45) is 6.79. The third-order valence-electron chi connectivity index (χ3n) is 7.03. The zero-order valence-electron chi connectivity index (χ0n) is 22.7. The largest absolute Gasteiger partial charge is 0.334 e. The number of nitrogens with one attached hydrogen (secondary N) is 2. The molecule has 1 aliphatic carbocycles. The summed E-state index contributed by atoms with van der Waals surface area (Å²) in [4.78, 5) is 17.8. The van der Waals surface area contributed by atoms with Crippen LogP contribution in [0.25, 0.3) is 16.9 Å². The van der Waals surface area contributed by atoms with Crippen LogP contribution >= 0.6 is 0 Å². The lowest BCUT2D eigenvalue weighted by Gasteiger charge is -2.22. The van der Waals surface area contributed by atoms with Gasteiger partial charge in [0.05, 0.1) is 11.4 Å². The van der Waals surface area contributed by atoms with E-state index in [-0.39, 0.29) is 18.0 Å². The Labute approximate surface area is 230 Å². The van der Waals surface area contributed by atoms with Crippen LogP contribution in [0.15, 0.2) is 83.4 Å². The van der Waals surface area contributed by atoms with E-state index in [0.29, 0.717) is 23.2 Å². The van der Waals surface area contributed by atoms with E-state index >= 15 is 0 Å². The van der Waals surface area contributed by atoms with Gasteiger partial charge in [0, 0.05) is 51.5 Å². The Morgan fingerprint density at radius 2 is 1.69 bits per heavy atom. The molecule has 39 heavy (non-hydrogen) atoms. The van der Waals surface area contributed by atoms with Crippen LogP contribution in [0.2, 0.25) is 0 Å². The molecule has 1 fully saturated rings. The van der Waals surface area contributed by atoms with E-state index in [1.807, 2.05) is 49.4 Å². The fourth-order valence-corrected chi connectivity index (χ4v) is 5.87. The van der Waals surface area contributed by atoms with Gasteiger partial charge in [-0.2, -0.15) is 9.46 Å². The maximum absolute atomic E-state index is 13.4. The molecular weight excluding hydrogens is 508 g/mol. The zero-order chi connectivity index (χ0) is 27.6. The van der Waals surface area contributed by atoms with E-state index in [1.54, 1.807) is 29.5 Å². The molecule has 9 heteroatoms. The molecule has 2 aromatic carbocycles. The molecule has 1 saturated carbocycles. The van der Waals surface area contributed by atoms with Gasteiger partial charge in [-0.05, 0) is 55.5 Å². The Morgan fingerprint density at radius 3 is 2.33 bits per heavy atom. The molecule has 2 heterocycles. The molecule has 0 bridgehead atoms. The van der Waals surface area contributed by atoms with Gasteiger partial charge in [-0.3, -0.25) is 5.32 Å². The molecule has 202 valence electrons. The van der Waals surface area contributed by atoms with Gasteiger partial charge in [0.2, 0.25) is 0 Å². The second kappa shape index (κ2) is 11.0. The average molecular weight is 543 g/mol. The lowest BCUT2D eigenvalue weighted by molar-refractivity contribution is 0.247. The molecular formula is C30H34N6O2S. The second-order valence-corrected chi connectivity index (χ2v) is 13.1. The number of aromatic nitrogens is 3. The van der Waals surface area contributed by atoms with Crippen molar-refractivity contribution >= 4 is 27.4 Å². The van der Waals surface area contributed by atoms with Crippen molar-refractivity contribution in [2.75, 3.05) is 17.8 Å². The predicted molar refractivity (Wildman–Crippen MR) is 157 cm³/mol. The number of hydrogen-bond donors (Lipinski definition) is 2. The first kappa shape index (κ1) is 26.6. The molecule has 2 aromatic heterocycles. The number of carbonyl (C=O) groups excluding carboxylic acids is 1. The molecule has 1 aliphatic rings. The van der Waals surface area contributed by atoms with Gasteiger partial charge in [-0.1, -0.05) is 55.5 Å². The van der Waals surface area contributed by atoms with Crippen molar-refractivity contribution < 1.29 is 9.00 Å². The first-order valence-corrected chi connectivity index (χ1v) is 15.4. The summed E-state index contributed by atoms with van der Waals surface area (Å²) in [5, 5.41) is 11.2. The number of anilines is 1. The molecule has 0 aliphatic heterocycles. The maximum Gasteiger partial charge on any atom is 0.320 e. The first-order valence-electron chi connectivity index (χ1n) is 13.1. The summed E-state index contributed by atoms with van der Waals surface area (Å²) in [5.41, 5.74) is 4.37. The van der Waals surface area contributed by atoms with Crippen LogP contribution in [-0.2, 0) is 9.73 Å². The summed E-state index contributed by atoms with van der Waals surface area (Å²) in [7, 11) is -2.31. The molecule has 1 unspecified atom stereocenters. The Bertz CT molecular complexity index is 1570. The number of benzene rings is 2. The van der Waals surface area contributed by atoms with Crippen LogP contribution in [-0.4, -0.2) is 43.6 Å². The Kier molecular flexibility index (Phi) is 7.52. The van der Waals surface area contributed by atoms with Crippen LogP contribution in [0.3, 0.4) is 0 Å². The number of hydrogen-bond acceptors (Lipinski definition) is 5. The minimum Gasteiger partial charge on any atom is -0.334 e. The summed E-state index contributed by atoms with van der Waals surface area (Å²) >= 11 is 0. The molecule has 2 amide bonds. The molecule has 3 atom stereocenters. The highest BCUT2D eigenvalue weighted by atomic mass is 32.2. The summed E-state index contributed by atoms with van der Waals surface area (Å²) in [6.45, 7) is 4.17. The summed E-state index contributed by atoms with van der Waals surface area (Å²) in [5.74, 6) is 1.80. The van der Waals surface area contributed by atoms with Crippen LogP contribution in [0.1, 0.15) is 36.8 Å². The number of amides is 2. The van der Waals surface area contributed by atoms with Crippen LogP contribution in [0, 0.1) is 12.8 Å². The maximum atomic E-state index is 13.4. The van der Waals surface area contributed by atoms with Gasteiger partial charge in [0.1, 0.15) is 5.82 Å². The highest BCUT2D eigenvalue weighted by molar-refractivity contribution is 7.92. The minimum atomic E-state index is -2.31. The van der Waals surface area contributed by atoms with Gasteiger partial charge < -0.3 is 5.32 Å². The van der Waals surface area contributed by atoms with Gasteiger partial charge in [-0.15, -0.1) is 0 Å². The third kappa shape index (κ3) is 6.20. The number of rotatable bonds is 6. The van der Waals surface area contributed by atoms with E-state index in [9.17, 15) is 9.00 Å². The normalized spacial score (nSPS) is 19.0. The smallest absolute Gasteiger partial charge is 0.320 e. The number of pyridine rings is 1. The van der Waals surface area contributed by atoms with Crippen molar-refractivity contribution in [3.63, 3.8) is 0 Å². The fraction of sp³-hybridized carbons (Fsp3) is 0.300. The summed E-state index contributed by atoms with van der Waals surface area (Å²) < 4.78 is 18.0. The van der Waals surface area contributed by atoms with Crippen LogP contribution in [0.5, 0.6) is 0 Å². The van der Waals surface area contributed by atoms with E-state index in [1.165, 1.54) is 5.56 Å². The van der Waals surface area contributed by atoms with E-state index in [0.717, 1.165) is 29.7 Å². The molecule has 0 saturated heterocycles. The minimum absolute atomic E-state index is 0.0446. The molecule has 4 aromatic rings. The number of nitrogens with zero attached hydrogens (tertiary/aromatic N) is 4. The quantitative estimate of drug-likeness (QED) is 0.298. The van der Waals surface area contributed by atoms with Gasteiger partial charge in [0.15, 0.2) is 5.82 Å². The third-order valence-corrected chi connectivity index (χ3v) is 7.66. The van der Waals surface area contributed by atoms with Crippen molar-refractivity contribution in [3.05, 3.63) is 90.1 Å². The Balaban J connectivity index is 1.44. The number of carbonyl (C=O) groups is 1. The predicted octanol–water partition coefficient (Wildman–Crippen LogP) is 6.31. The fourth-order valence-electron chi connectivity index (χ4n) is 5.31. The number of para-hydroxylation sites is 1. The van der Waals surface area contributed by atoms with Crippen molar-refractivity contribution in [1.29, 1.82) is 0 Å². The standard InChI is InChI=1S/C30H34N6O2S/c1-20-17-25(22-11-7-5-8-12-22)26(18-20)32-30(37)33-29-21(2)28(34-36(29)24-13-9-6-10-14-24)23-15-16-27(31-19-23)35-39(3,4)38/h5-16,19-20,25-26H,17-18H2,1-4H3,(H2,32,33,37)/t20?,25-,26+/m0/s1. The van der Waals surface area contributed by atoms with Crippen molar-refractivity contribution in [2.24, 2.45) is 10.3 Å². The van der Waals surface area contributed by atoms with Crippen molar-refractivity contribution in [1.82, 2.24) is 20.1 Å². The SMILES string of the molecule is Cc1c(-c2ccc(N=S(C)(C)=O)nc2)nn(-c2ccccc2)c1NC(=O)N[C@@H]1CC(C)C[C@H]1c1ccccc1. The lowest BCUT2D eigenvalue weighted by atomic mass is 9.94. The van der Waals surface area contributed by atoms with Crippen LogP contribution < -0.4 is 10.6 Å². The Hall–Kier alpha value is -3.98. The van der Waals surface area contributed by atoms with Gasteiger partial charge in [-0.25, -0.2) is 18.7 Å². The lowest BCUT2D eigenvalue weighted by Crippen LogP contribution is -2.39. The monoisotopic (exact) mass is 542 g/mol. The second-order valence-electron chi connectivity index (χ2n) is 10.5. The van der Waals surface area contributed by atoms with E-state index < -0.39 is 9.73 Å². The van der Waals surface area contributed by atoms with Crippen LogP contribution in [0.4, 0.5) is 16.4 Å².